The van der Waals surface area contributed by atoms with Gasteiger partial charge in [0.05, 0.1) is 11.0 Å². The first-order chi connectivity index (χ1) is 50.1. The average Bonchev–Trinajstić information content (AvgIpc) is 1.39. The molecule has 0 amide bonds. The van der Waals surface area contributed by atoms with Crippen LogP contribution in [0.2, 0.25) is 0 Å². The molecule has 0 saturated heterocycles. The number of benzene rings is 23. The van der Waals surface area contributed by atoms with E-state index in [4.69, 9.17) is 0 Å². The van der Waals surface area contributed by atoms with Crippen LogP contribution in [0.25, 0.3) is 390 Å². The van der Waals surface area contributed by atoms with Gasteiger partial charge < -0.3 is 57.1 Å². The Labute approximate surface area is 612 Å². The van der Waals surface area contributed by atoms with E-state index in [2.05, 4.69) is 142 Å². The molecular formula is C95H30I2N4S2. The van der Waals surface area contributed by atoms with Crippen molar-refractivity contribution in [3.63, 3.8) is 0 Å². The Balaban J connectivity index is 0.00000257. The van der Waals surface area contributed by atoms with E-state index < -0.39 is 0 Å². The van der Waals surface area contributed by atoms with Crippen LogP contribution >= 0.6 is 22.7 Å². The van der Waals surface area contributed by atoms with Gasteiger partial charge in [0.15, 0.2) is 0 Å². The standard InChI is InChI=1S/C95H30N4S2.2HI/c1-96-30-8-3-5-10-32(30)100-34(96)18-14-24-12-16-28-26(22-24)27-23-25(15-19-35-97(2)31-9-4-6-11-33(31)101-35)13-17-29(27)98(28)20-7-21-99-94-90-83-76-64-56-47-38-36-37-39-42(38)51-58(56)66-67-59(51)57-48(39)50-46-41(37)44-43-40(36)45-49(47)62(64)70-68-54(45)52(43)60-61-53(44)55(46)69-71-63(50)65(57)77-79(67)88(87(90)78(66)76)91-84(77)82(71)86-75(69)73(61)80-72(60)74(68)85(81(70)83)92(94)89(80)93(86)95(91)99;;/h3-6,8-19,22-23H,7,20-21H2,1-2H3;2*1H/q+2;;/p-2. The third-order valence-electron chi connectivity index (χ3n) is 30.8. The van der Waals surface area contributed by atoms with Crippen LogP contribution in [0.15, 0.2) is 84.9 Å². The number of aryl methyl sites for hydroxylation is 4. The Morgan fingerprint density at radius 3 is 0.738 bits per heavy atom. The largest absolute Gasteiger partial charge is 1.00 e. The number of thiazole rings is 2. The van der Waals surface area contributed by atoms with Crippen molar-refractivity contribution in [3.8, 4) is 0 Å². The summed E-state index contributed by atoms with van der Waals surface area (Å²) in [5, 5.41) is 99.8. The lowest BCUT2D eigenvalue weighted by Gasteiger charge is -2.25. The molecule has 0 aliphatic carbocycles. The normalized spacial score (nSPS) is 15.6. The molecule has 0 unspecified atom stereocenters. The molecule has 456 valence electrons. The highest BCUT2D eigenvalue weighted by molar-refractivity contribution is 7.19. The van der Waals surface area contributed by atoms with Crippen molar-refractivity contribution in [2.75, 3.05) is 0 Å². The highest BCUT2D eigenvalue weighted by atomic mass is 127. The second kappa shape index (κ2) is 12.9. The topological polar surface area (TPSA) is 17.6 Å². The van der Waals surface area contributed by atoms with E-state index in [1.165, 1.54) is 63.4 Å². The summed E-state index contributed by atoms with van der Waals surface area (Å²) in [4.78, 5) is 0. The molecule has 4 nitrogen and oxygen atoms in total. The monoisotopic (exact) mass is 1540 g/mol. The number of aromatic nitrogens is 4. The number of rotatable bonds is 8. The molecule has 0 aliphatic rings. The molecular weight excluding hydrogens is 1520 g/mol. The predicted molar refractivity (Wildman–Crippen MR) is 435 cm³/mol. The first kappa shape index (κ1) is 47.6. The van der Waals surface area contributed by atoms with Crippen LogP contribution in [0, 0.1) is 0 Å². The Hall–Kier alpha value is -10.6. The van der Waals surface area contributed by atoms with Gasteiger partial charge >= 0.3 is 0 Å². The second-order valence-corrected chi connectivity index (χ2v) is 35.4. The first-order valence-electron chi connectivity index (χ1n) is 36.6. The summed E-state index contributed by atoms with van der Waals surface area (Å²) in [6.07, 6.45) is 10.3. The van der Waals surface area contributed by atoms with E-state index in [9.17, 15) is 0 Å². The lowest BCUT2D eigenvalue weighted by Crippen LogP contribution is -3.00. The minimum Gasteiger partial charge on any atom is -1.00 e. The Kier molecular flexibility index (Phi) is 5.97. The summed E-state index contributed by atoms with van der Waals surface area (Å²) in [6, 6.07) is 32.2. The van der Waals surface area contributed by atoms with Gasteiger partial charge in [0, 0.05) is 372 Å². The third kappa shape index (κ3) is 3.55. The van der Waals surface area contributed by atoms with Crippen LogP contribution in [0.1, 0.15) is 27.6 Å². The maximum absolute atomic E-state index is 3.09. The summed E-state index contributed by atoms with van der Waals surface area (Å²) in [6.45, 7) is 1.82. The number of halogens is 2. The fourth-order valence-corrected chi connectivity index (χ4v) is 30.8. The summed E-state index contributed by atoms with van der Waals surface area (Å²) in [7, 11) is 4.41. The first-order valence-corrected chi connectivity index (χ1v) is 38.2. The molecule has 38 rings (SSSR count). The van der Waals surface area contributed by atoms with Crippen molar-refractivity contribution < 1.29 is 57.1 Å². The molecule has 38 aromatic rings. The summed E-state index contributed by atoms with van der Waals surface area (Å²) >= 11 is 3.73. The Morgan fingerprint density at radius 2 is 0.485 bits per heavy atom. The second-order valence-electron chi connectivity index (χ2n) is 33.3. The molecule has 0 N–H and O–H groups in total. The summed E-state index contributed by atoms with van der Waals surface area (Å²) < 4.78 is 13.1. The van der Waals surface area contributed by atoms with E-state index in [0.29, 0.717) is 0 Å². The van der Waals surface area contributed by atoms with Gasteiger partial charge in [-0.05, 0) is 66.1 Å². The van der Waals surface area contributed by atoms with E-state index in [-0.39, 0.29) is 48.0 Å². The van der Waals surface area contributed by atoms with Crippen LogP contribution in [0.4, 0.5) is 0 Å². The molecule has 0 saturated carbocycles. The molecule has 0 spiro atoms. The number of pyridine rings is 1. The van der Waals surface area contributed by atoms with Gasteiger partial charge in [-0.25, -0.2) is 0 Å². The van der Waals surface area contributed by atoms with Crippen molar-refractivity contribution in [2.24, 2.45) is 14.1 Å². The van der Waals surface area contributed by atoms with Gasteiger partial charge in [0.2, 0.25) is 11.0 Å². The quantitative estimate of drug-likeness (QED) is 0.0625. The number of nitrogens with zero attached hydrogens (tertiary/aromatic N) is 4. The van der Waals surface area contributed by atoms with Crippen molar-refractivity contribution in [2.45, 2.75) is 19.5 Å². The van der Waals surface area contributed by atoms with Crippen LogP contribution < -0.4 is 57.1 Å². The lowest BCUT2D eigenvalue weighted by molar-refractivity contribution is -0.642. The van der Waals surface area contributed by atoms with E-state index in [1.807, 2.05) is 22.7 Å². The fourth-order valence-electron chi connectivity index (χ4n) is 28.7. The van der Waals surface area contributed by atoms with Crippen LogP contribution in [0.3, 0.4) is 0 Å². The number of hydrogen-bond donors (Lipinski definition) is 0. The molecule has 34 aromatic carbocycles. The molecule has 8 heteroatoms. The van der Waals surface area contributed by atoms with Crippen molar-refractivity contribution >= 4 is 413 Å². The maximum Gasteiger partial charge on any atom is 0.262 e. The lowest BCUT2D eigenvalue weighted by atomic mass is 9.84. The van der Waals surface area contributed by atoms with E-state index >= 15 is 0 Å². The van der Waals surface area contributed by atoms with Crippen LogP contribution in [-0.4, -0.2) is 9.13 Å². The number of hydrogen-bond acceptors (Lipinski definition) is 2. The number of para-hydroxylation sites is 2. The van der Waals surface area contributed by atoms with Gasteiger partial charge in [-0.3, -0.25) is 0 Å². The highest BCUT2D eigenvalue weighted by Crippen LogP contribution is 2.80. The summed E-state index contributed by atoms with van der Waals surface area (Å²) in [5.74, 6) is 0. The zero-order valence-corrected chi connectivity index (χ0v) is 59.8. The van der Waals surface area contributed by atoms with Crippen LogP contribution in [0.5, 0.6) is 0 Å². The zero-order chi connectivity index (χ0) is 62.1. The smallest absolute Gasteiger partial charge is 0.262 e. The predicted octanol–water partition coefficient (Wildman–Crippen LogP) is 19.7. The van der Waals surface area contributed by atoms with Crippen molar-refractivity contribution in [3.05, 3.63) is 106 Å². The SMILES string of the molecule is C[n+]1c(/C=C/c2ccc3c(c2)c2cc(/C=C/c4sc5ccccc5[n+]4C)ccc2n3CCCn2c3c4c5c6c7c8c9c%10c%11c%12c%13c%10c%10c8c8c%14c%10c%10c%13c%13c%15c%12c%12c%16c%11c%11c9c7c7c9c%11c%16c%11c%16c%12c%15c%12c%15c%13c%10c%10c%14c(c4c86)c4c%10c%15c6c%12c%16c8c%11c9c(c75)c3c8c6c42)sc2ccccc21.[I-].[I-]. The molecule has 0 aliphatic heterocycles. The molecule has 103 heavy (non-hydrogen) atoms. The van der Waals surface area contributed by atoms with Crippen molar-refractivity contribution in [1.29, 1.82) is 0 Å². The number of fused-ring (bicyclic) bond motifs is 10. The molecule has 0 atom stereocenters. The minimum atomic E-state index is 0. The molecule has 0 bridgehead atoms. The highest BCUT2D eigenvalue weighted by Gasteiger charge is 2.51. The third-order valence-corrected chi connectivity index (χ3v) is 33.2. The fraction of sp³-hybridized carbons (Fsp3) is 0.0526. The van der Waals surface area contributed by atoms with Gasteiger partial charge in [0.1, 0.15) is 23.5 Å². The van der Waals surface area contributed by atoms with Crippen molar-refractivity contribution in [1.82, 2.24) is 9.13 Å². The Morgan fingerprint density at radius 1 is 0.262 bits per heavy atom. The van der Waals surface area contributed by atoms with Crippen LogP contribution in [-0.2, 0) is 27.2 Å². The molecule has 0 fully saturated rings. The minimum absolute atomic E-state index is 0. The Bertz CT molecular complexity index is 9670. The van der Waals surface area contributed by atoms with Gasteiger partial charge in [-0.15, -0.1) is 0 Å². The van der Waals surface area contributed by atoms with Gasteiger partial charge in [-0.2, -0.15) is 9.13 Å². The molecule has 4 heterocycles. The molecule has 0 radical (unpaired) electrons. The zero-order valence-electron chi connectivity index (χ0n) is 53.9. The van der Waals surface area contributed by atoms with Gasteiger partial charge in [-0.1, -0.05) is 59.1 Å². The van der Waals surface area contributed by atoms with E-state index in [0.717, 1.165) is 19.5 Å². The average molecular weight is 1550 g/mol. The summed E-state index contributed by atoms with van der Waals surface area (Å²) in [5.41, 5.74) is 10.7. The van der Waals surface area contributed by atoms with E-state index in [1.54, 1.807) is 323 Å². The molecule has 4 aromatic heterocycles. The van der Waals surface area contributed by atoms with Gasteiger partial charge in [0.25, 0.3) is 10.0 Å². The maximum atomic E-state index is 3.09.